The largest absolute Gasteiger partial charge is 0.465 e. The van der Waals surface area contributed by atoms with Crippen molar-refractivity contribution in [2.45, 2.75) is 50.3 Å². The van der Waals surface area contributed by atoms with Crippen LogP contribution in [0.4, 0.5) is 5.82 Å². The van der Waals surface area contributed by atoms with E-state index in [4.69, 9.17) is 4.74 Å². The zero-order chi connectivity index (χ0) is 17.1. The molecular weight excluding hydrogens is 374 g/mol. The van der Waals surface area contributed by atoms with Gasteiger partial charge in [0, 0.05) is 35.8 Å². The quantitative estimate of drug-likeness (QED) is 0.757. The SMILES string of the molecule is COC(=O)c1cc(Br)cnc1N1CCC(N[C@@H]2CCC[C@H]2O)CC1. The third-order valence-corrected chi connectivity index (χ3v) is 5.40. The van der Waals surface area contributed by atoms with Gasteiger partial charge in [-0.2, -0.15) is 0 Å². The molecule has 2 fully saturated rings. The highest BCUT2D eigenvalue weighted by Gasteiger charge is 2.30. The molecule has 1 aliphatic carbocycles. The maximum Gasteiger partial charge on any atom is 0.341 e. The number of carbonyl (C=O) groups is 1. The number of pyridine rings is 1. The van der Waals surface area contributed by atoms with Gasteiger partial charge < -0.3 is 20.1 Å². The number of rotatable bonds is 4. The number of nitrogens with one attached hydrogen (secondary N) is 1. The summed E-state index contributed by atoms with van der Waals surface area (Å²) in [5.41, 5.74) is 0.490. The lowest BCUT2D eigenvalue weighted by Gasteiger charge is -2.35. The Morgan fingerprint density at radius 1 is 1.38 bits per heavy atom. The number of methoxy groups -OCH3 is 1. The Balaban J connectivity index is 1.63. The van der Waals surface area contributed by atoms with Crippen molar-refractivity contribution < 1.29 is 14.6 Å². The maximum atomic E-state index is 12.0. The first-order valence-corrected chi connectivity index (χ1v) is 9.30. The average molecular weight is 398 g/mol. The number of hydrogen-bond acceptors (Lipinski definition) is 6. The van der Waals surface area contributed by atoms with Crippen molar-refractivity contribution in [3.05, 3.63) is 22.3 Å². The van der Waals surface area contributed by atoms with Gasteiger partial charge in [0.25, 0.3) is 0 Å². The standard InChI is InChI=1S/C17H24BrN3O3/c1-24-17(23)13-9-11(18)10-19-16(13)21-7-5-12(6-8-21)20-14-3-2-4-15(14)22/h9-10,12,14-15,20,22H,2-8H2,1H3/t14-,15-/m1/s1. The summed E-state index contributed by atoms with van der Waals surface area (Å²) in [4.78, 5) is 18.6. The lowest BCUT2D eigenvalue weighted by atomic mass is 10.0. The van der Waals surface area contributed by atoms with E-state index in [0.717, 1.165) is 49.7 Å². The molecular formula is C17H24BrN3O3. The molecule has 7 heteroatoms. The summed E-state index contributed by atoms with van der Waals surface area (Å²) in [7, 11) is 1.39. The number of anilines is 1. The monoisotopic (exact) mass is 397 g/mol. The van der Waals surface area contributed by atoms with Gasteiger partial charge in [-0.3, -0.25) is 0 Å². The molecule has 6 nitrogen and oxygen atoms in total. The van der Waals surface area contributed by atoms with Crippen LogP contribution < -0.4 is 10.2 Å². The number of ether oxygens (including phenoxy) is 1. The zero-order valence-corrected chi connectivity index (χ0v) is 15.5. The fourth-order valence-corrected chi connectivity index (χ4v) is 3.97. The molecule has 1 aromatic rings. The Morgan fingerprint density at radius 2 is 2.12 bits per heavy atom. The summed E-state index contributed by atoms with van der Waals surface area (Å²) >= 11 is 3.36. The van der Waals surface area contributed by atoms with E-state index in [1.807, 2.05) is 0 Å². The van der Waals surface area contributed by atoms with Crippen LogP contribution in [0.2, 0.25) is 0 Å². The molecule has 2 heterocycles. The molecule has 0 amide bonds. The number of carbonyl (C=O) groups excluding carboxylic acids is 1. The van der Waals surface area contributed by atoms with E-state index in [1.165, 1.54) is 7.11 Å². The van der Waals surface area contributed by atoms with Gasteiger partial charge in [0.15, 0.2) is 0 Å². The minimum atomic E-state index is -0.367. The van der Waals surface area contributed by atoms with Gasteiger partial charge in [-0.15, -0.1) is 0 Å². The highest BCUT2D eigenvalue weighted by molar-refractivity contribution is 9.10. The van der Waals surface area contributed by atoms with Crippen molar-refractivity contribution in [1.82, 2.24) is 10.3 Å². The molecule has 2 aliphatic rings. The summed E-state index contributed by atoms with van der Waals surface area (Å²) in [6.07, 6.45) is 6.51. The molecule has 1 saturated heterocycles. The number of esters is 1. The third-order valence-electron chi connectivity index (χ3n) is 4.96. The highest BCUT2D eigenvalue weighted by Crippen LogP contribution is 2.26. The summed E-state index contributed by atoms with van der Waals surface area (Å²) < 4.78 is 5.64. The second-order valence-electron chi connectivity index (χ2n) is 6.55. The van der Waals surface area contributed by atoms with Crippen LogP contribution in [0.1, 0.15) is 42.5 Å². The van der Waals surface area contributed by atoms with E-state index in [9.17, 15) is 9.90 Å². The van der Waals surface area contributed by atoms with Gasteiger partial charge in [-0.1, -0.05) is 0 Å². The second-order valence-corrected chi connectivity index (χ2v) is 7.46. The third kappa shape index (κ3) is 3.90. The summed E-state index contributed by atoms with van der Waals surface area (Å²) in [5.74, 6) is 0.317. The van der Waals surface area contributed by atoms with E-state index >= 15 is 0 Å². The van der Waals surface area contributed by atoms with Gasteiger partial charge in [0.1, 0.15) is 11.4 Å². The topological polar surface area (TPSA) is 74.7 Å². The Morgan fingerprint density at radius 3 is 2.75 bits per heavy atom. The lowest BCUT2D eigenvalue weighted by molar-refractivity contribution is 0.0600. The van der Waals surface area contributed by atoms with Gasteiger partial charge >= 0.3 is 5.97 Å². The molecule has 132 valence electrons. The first-order valence-electron chi connectivity index (χ1n) is 8.51. The number of hydrogen-bond donors (Lipinski definition) is 2. The minimum absolute atomic E-state index is 0.206. The van der Waals surface area contributed by atoms with Crippen molar-refractivity contribution in [2.24, 2.45) is 0 Å². The number of aliphatic hydroxyl groups is 1. The van der Waals surface area contributed by atoms with Crippen molar-refractivity contribution >= 4 is 27.7 Å². The number of aromatic nitrogens is 1. The van der Waals surface area contributed by atoms with Crippen LogP contribution in [0, 0.1) is 0 Å². The zero-order valence-electron chi connectivity index (χ0n) is 13.9. The number of nitrogens with zero attached hydrogens (tertiary/aromatic N) is 2. The van der Waals surface area contributed by atoms with Crippen LogP contribution in [0.25, 0.3) is 0 Å². The number of halogens is 1. The molecule has 1 saturated carbocycles. The van der Waals surface area contributed by atoms with E-state index in [0.29, 0.717) is 17.4 Å². The molecule has 1 aliphatic heterocycles. The van der Waals surface area contributed by atoms with Crippen LogP contribution in [0.5, 0.6) is 0 Å². The molecule has 3 rings (SSSR count). The normalized spacial score (nSPS) is 25.0. The molecule has 24 heavy (non-hydrogen) atoms. The van der Waals surface area contributed by atoms with Crippen LogP contribution in [0.3, 0.4) is 0 Å². The molecule has 0 aromatic carbocycles. The Labute approximate surface area is 150 Å². The molecule has 1 aromatic heterocycles. The van der Waals surface area contributed by atoms with Gasteiger partial charge in [0.2, 0.25) is 0 Å². The van der Waals surface area contributed by atoms with Crippen molar-refractivity contribution in [3.8, 4) is 0 Å². The Bertz CT molecular complexity index is 590. The highest BCUT2D eigenvalue weighted by atomic mass is 79.9. The van der Waals surface area contributed by atoms with Crippen LogP contribution in [0.15, 0.2) is 16.7 Å². The summed E-state index contributed by atoms with van der Waals surface area (Å²) in [6, 6.07) is 2.40. The lowest BCUT2D eigenvalue weighted by Crippen LogP contribution is -2.48. The predicted octanol–water partition coefficient (Wildman–Crippen LogP) is 2.10. The van der Waals surface area contributed by atoms with Gasteiger partial charge in [-0.25, -0.2) is 9.78 Å². The predicted molar refractivity (Wildman–Crippen MR) is 95.3 cm³/mol. The Hall–Kier alpha value is -1.18. The molecule has 2 N–H and O–H groups in total. The van der Waals surface area contributed by atoms with E-state index in [1.54, 1.807) is 12.3 Å². The summed E-state index contributed by atoms with van der Waals surface area (Å²) in [5, 5.41) is 13.6. The van der Waals surface area contributed by atoms with E-state index < -0.39 is 0 Å². The molecule has 0 unspecified atom stereocenters. The Kier molecular flexibility index (Phi) is 5.73. The molecule has 0 spiro atoms. The van der Waals surface area contributed by atoms with Crippen molar-refractivity contribution in [3.63, 3.8) is 0 Å². The van der Waals surface area contributed by atoms with E-state index in [-0.39, 0.29) is 18.1 Å². The summed E-state index contributed by atoms with van der Waals surface area (Å²) in [6.45, 7) is 1.66. The van der Waals surface area contributed by atoms with Crippen LogP contribution in [-0.2, 0) is 4.74 Å². The van der Waals surface area contributed by atoms with Crippen LogP contribution >= 0.6 is 15.9 Å². The molecule has 0 radical (unpaired) electrons. The smallest absolute Gasteiger partial charge is 0.341 e. The molecule has 0 bridgehead atoms. The molecule has 2 atom stereocenters. The number of aliphatic hydroxyl groups excluding tert-OH is 1. The fraction of sp³-hybridized carbons (Fsp3) is 0.647. The number of piperidine rings is 1. The first-order chi connectivity index (χ1) is 11.6. The minimum Gasteiger partial charge on any atom is -0.465 e. The van der Waals surface area contributed by atoms with Crippen LogP contribution in [-0.4, -0.2) is 54.4 Å². The van der Waals surface area contributed by atoms with Gasteiger partial charge in [-0.05, 0) is 54.1 Å². The fourth-order valence-electron chi connectivity index (χ4n) is 3.64. The average Bonchev–Trinajstić information content (AvgIpc) is 3.00. The van der Waals surface area contributed by atoms with Crippen molar-refractivity contribution in [2.75, 3.05) is 25.1 Å². The maximum absolute atomic E-state index is 12.0. The second kappa shape index (κ2) is 7.80. The van der Waals surface area contributed by atoms with Gasteiger partial charge in [0.05, 0.1) is 13.2 Å². The van der Waals surface area contributed by atoms with E-state index in [2.05, 4.69) is 31.1 Å². The first kappa shape index (κ1) is 17.6. The van der Waals surface area contributed by atoms with Crippen molar-refractivity contribution in [1.29, 1.82) is 0 Å².